The molecule has 1 amide bonds. The molecular weight excluding hydrogens is 322 g/mol. The first kappa shape index (κ1) is 16.4. The summed E-state index contributed by atoms with van der Waals surface area (Å²) in [4.78, 5) is 22.2. The molecule has 3 rings (SSSR count). The fourth-order valence-corrected chi connectivity index (χ4v) is 3.15. The number of rotatable bonds is 5. The molecule has 1 atom stereocenters. The van der Waals surface area contributed by atoms with Gasteiger partial charge in [-0.15, -0.1) is 11.3 Å². The summed E-state index contributed by atoms with van der Waals surface area (Å²) in [5.41, 5.74) is 1.56. The summed E-state index contributed by atoms with van der Waals surface area (Å²) < 4.78 is 5.69. The Kier molecular flexibility index (Phi) is 4.76. The molecule has 0 saturated carbocycles. The Balaban J connectivity index is 1.67. The maximum atomic E-state index is 12.3. The number of aromatic nitrogens is 2. The minimum Gasteiger partial charge on any atom is -0.441 e. The van der Waals surface area contributed by atoms with Crippen LogP contribution in [0.4, 0.5) is 0 Å². The van der Waals surface area contributed by atoms with Crippen LogP contribution in [0.2, 0.25) is 0 Å². The van der Waals surface area contributed by atoms with Gasteiger partial charge in [-0.3, -0.25) is 4.79 Å². The molecule has 0 fully saturated rings. The number of benzene rings is 1. The number of thiazole rings is 1. The number of hydrogen-bond acceptors (Lipinski definition) is 5. The van der Waals surface area contributed by atoms with Crippen molar-refractivity contribution in [1.29, 1.82) is 0 Å². The molecule has 1 unspecified atom stereocenters. The molecular formula is C18H19N3O2S. The van der Waals surface area contributed by atoms with Gasteiger partial charge in [0.1, 0.15) is 10.8 Å². The van der Waals surface area contributed by atoms with Gasteiger partial charge in [0, 0.05) is 16.6 Å². The normalized spacial score (nSPS) is 12.1. The van der Waals surface area contributed by atoms with Crippen molar-refractivity contribution in [2.45, 2.75) is 33.2 Å². The Hall–Kier alpha value is -2.47. The number of amides is 1. The van der Waals surface area contributed by atoms with E-state index < -0.39 is 0 Å². The quantitative estimate of drug-likeness (QED) is 0.766. The van der Waals surface area contributed by atoms with Gasteiger partial charge in [0.05, 0.1) is 18.2 Å². The highest BCUT2D eigenvalue weighted by Gasteiger charge is 2.17. The SMILES string of the molecule is Cc1cnc(C(C)NC(=O)Cc2nc(-c3ccccc3)oc2C)s1. The molecule has 6 heteroatoms. The van der Waals surface area contributed by atoms with Crippen LogP contribution in [0.1, 0.15) is 34.3 Å². The lowest BCUT2D eigenvalue weighted by Crippen LogP contribution is -2.28. The van der Waals surface area contributed by atoms with Crippen molar-refractivity contribution in [2.24, 2.45) is 0 Å². The molecule has 0 aliphatic rings. The van der Waals surface area contributed by atoms with Gasteiger partial charge in [-0.25, -0.2) is 9.97 Å². The predicted molar refractivity (Wildman–Crippen MR) is 93.8 cm³/mol. The molecule has 1 aromatic carbocycles. The van der Waals surface area contributed by atoms with Crippen molar-refractivity contribution >= 4 is 17.2 Å². The highest BCUT2D eigenvalue weighted by Crippen LogP contribution is 2.22. The third-order valence-electron chi connectivity index (χ3n) is 3.63. The Morgan fingerprint density at radius 2 is 2.04 bits per heavy atom. The van der Waals surface area contributed by atoms with E-state index in [4.69, 9.17) is 4.42 Å². The van der Waals surface area contributed by atoms with E-state index >= 15 is 0 Å². The second-order valence-corrected chi connectivity index (χ2v) is 6.93. The molecule has 24 heavy (non-hydrogen) atoms. The average molecular weight is 341 g/mol. The van der Waals surface area contributed by atoms with Gasteiger partial charge in [0.2, 0.25) is 11.8 Å². The van der Waals surface area contributed by atoms with Crippen molar-refractivity contribution in [2.75, 3.05) is 0 Å². The molecule has 1 N–H and O–H groups in total. The predicted octanol–water partition coefficient (Wildman–Crippen LogP) is 3.83. The van der Waals surface area contributed by atoms with Crippen LogP contribution >= 0.6 is 11.3 Å². The lowest BCUT2D eigenvalue weighted by atomic mass is 10.2. The molecule has 124 valence electrons. The molecule has 3 aromatic rings. The summed E-state index contributed by atoms with van der Waals surface area (Å²) in [7, 11) is 0. The van der Waals surface area contributed by atoms with E-state index in [1.807, 2.05) is 57.3 Å². The van der Waals surface area contributed by atoms with Crippen LogP contribution in [0.5, 0.6) is 0 Å². The van der Waals surface area contributed by atoms with Gasteiger partial charge in [0.25, 0.3) is 0 Å². The summed E-state index contributed by atoms with van der Waals surface area (Å²) in [6.45, 7) is 5.76. The smallest absolute Gasteiger partial charge is 0.226 e. The summed E-state index contributed by atoms with van der Waals surface area (Å²) in [6, 6.07) is 9.55. The molecule has 0 bridgehead atoms. The zero-order valence-electron chi connectivity index (χ0n) is 13.9. The Morgan fingerprint density at radius 1 is 1.29 bits per heavy atom. The van der Waals surface area contributed by atoms with Crippen LogP contribution in [0.25, 0.3) is 11.5 Å². The average Bonchev–Trinajstić information content (AvgIpc) is 3.15. The molecule has 2 heterocycles. The van der Waals surface area contributed by atoms with E-state index in [-0.39, 0.29) is 18.4 Å². The number of nitrogens with one attached hydrogen (secondary N) is 1. The second kappa shape index (κ2) is 6.97. The Bertz CT molecular complexity index is 839. The minimum atomic E-state index is -0.114. The number of nitrogens with zero attached hydrogens (tertiary/aromatic N) is 2. The van der Waals surface area contributed by atoms with Crippen LogP contribution in [-0.4, -0.2) is 15.9 Å². The van der Waals surface area contributed by atoms with Crippen molar-refractivity contribution in [1.82, 2.24) is 15.3 Å². The summed E-state index contributed by atoms with van der Waals surface area (Å²) in [5, 5.41) is 3.87. The lowest BCUT2D eigenvalue weighted by molar-refractivity contribution is -0.121. The summed E-state index contributed by atoms with van der Waals surface area (Å²) in [6.07, 6.45) is 2.01. The number of carbonyl (C=O) groups is 1. The molecule has 0 aliphatic heterocycles. The van der Waals surface area contributed by atoms with Gasteiger partial charge in [-0.2, -0.15) is 0 Å². The zero-order chi connectivity index (χ0) is 17.1. The minimum absolute atomic E-state index is 0.0913. The van der Waals surface area contributed by atoms with E-state index in [0.717, 1.165) is 15.4 Å². The van der Waals surface area contributed by atoms with E-state index in [0.29, 0.717) is 17.3 Å². The maximum Gasteiger partial charge on any atom is 0.226 e. The maximum absolute atomic E-state index is 12.3. The fraction of sp³-hybridized carbons (Fsp3) is 0.278. The van der Waals surface area contributed by atoms with Gasteiger partial charge < -0.3 is 9.73 Å². The van der Waals surface area contributed by atoms with E-state index in [2.05, 4.69) is 15.3 Å². The van der Waals surface area contributed by atoms with Crippen LogP contribution in [-0.2, 0) is 11.2 Å². The number of oxazole rings is 1. The molecule has 0 aliphatic carbocycles. The largest absolute Gasteiger partial charge is 0.441 e. The van der Waals surface area contributed by atoms with Crippen LogP contribution in [0.15, 0.2) is 40.9 Å². The number of carbonyl (C=O) groups excluding carboxylic acids is 1. The first-order valence-electron chi connectivity index (χ1n) is 7.76. The standard InChI is InChI=1S/C18H19N3O2S/c1-11-10-19-18(24-11)12(2)20-16(22)9-15-13(3)23-17(21-15)14-7-5-4-6-8-14/h4-8,10,12H,9H2,1-3H3,(H,20,22). The number of hydrogen-bond donors (Lipinski definition) is 1. The van der Waals surface area contributed by atoms with Crippen LogP contribution in [0, 0.1) is 13.8 Å². The molecule has 5 nitrogen and oxygen atoms in total. The van der Waals surface area contributed by atoms with Crippen molar-refractivity contribution in [3.63, 3.8) is 0 Å². The lowest BCUT2D eigenvalue weighted by Gasteiger charge is -2.10. The van der Waals surface area contributed by atoms with Gasteiger partial charge in [-0.05, 0) is 32.9 Å². The third-order valence-corrected chi connectivity index (χ3v) is 4.72. The Labute approximate surface area is 144 Å². The Morgan fingerprint density at radius 3 is 2.71 bits per heavy atom. The zero-order valence-corrected chi connectivity index (χ0v) is 14.7. The second-order valence-electron chi connectivity index (χ2n) is 5.66. The number of aryl methyl sites for hydroxylation is 2. The third kappa shape index (κ3) is 3.71. The summed E-state index contributed by atoms with van der Waals surface area (Å²) in [5.74, 6) is 1.12. The van der Waals surface area contributed by atoms with Crippen molar-refractivity contribution in [3.8, 4) is 11.5 Å². The van der Waals surface area contributed by atoms with Gasteiger partial charge in [-0.1, -0.05) is 18.2 Å². The van der Waals surface area contributed by atoms with Crippen LogP contribution < -0.4 is 5.32 Å². The fourth-order valence-electron chi connectivity index (χ4n) is 2.37. The van der Waals surface area contributed by atoms with Crippen molar-refractivity contribution < 1.29 is 9.21 Å². The first-order valence-corrected chi connectivity index (χ1v) is 8.58. The van der Waals surface area contributed by atoms with Crippen molar-refractivity contribution in [3.05, 3.63) is 57.9 Å². The highest BCUT2D eigenvalue weighted by atomic mass is 32.1. The molecule has 2 aromatic heterocycles. The highest BCUT2D eigenvalue weighted by molar-refractivity contribution is 7.11. The van der Waals surface area contributed by atoms with Crippen LogP contribution in [0.3, 0.4) is 0 Å². The monoisotopic (exact) mass is 341 g/mol. The van der Waals surface area contributed by atoms with Gasteiger partial charge in [0.15, 0.2) is 0 Å². The molecule has 0 radical (unpaired) electrons. The molecule has 0 spiro atoms. The topological polar surface area (TPSA) is 68.0 Å². The first-order chi connectivity index (χ1) is 11.5. The van der Waals surface area contributed by atoms with E-state index in [1.165, 1.54) is 0 Å². The summed E-state index contributed by atoms with van der Waals surface area (Å²) >= 11 is 1.59. The van der Waals surface area contributed by atoms with E-state index in [1.54, 1.807) is 11.3 Å². The van der Waals surface area contributed by atoms with Gasteiger partial charge >= 0.3 is 0 Å². The molecule has 0 saturated heterocycles. The van der Waals surface area contributed by atoms with E-state index in [9.17, 15) is 4.79 Å².